The van der Waals surface area contributed by atoms with Crippen LogP contribution in [0.15, 0.2) is 18.2 Å². The number of rotatable bonds is 9. The average molecular weight is 511 g/mol. The van der Waals surface area contributed by atoms with Crippen molar-refractivity contribution in [2.75, 3.05) is 0 Å². The maximum Gasteiger partial charge on any atom is 0.192 e. The summed E-state index contributed by atoms with van der Waals surface area (Å²) in [5, 5.41) is 0.591. The van der Waals surface area contributed by atoms with Gasteiger partial charge in [0.1, 0.15) is 0 Å². The molecule has 0 unspecified atom stereocenters. The Labute approximate surface area is 209 Å². The van der Waals surface area contributed by atoms with E-state index in [1.54, 1.807) is 0 Å². The van der Waals surface area contributed by atoms with Crippen LogP contribution in [0.5, 0.6) is 0 Å². The Kier molecular flexibility index (Phi) is 9.69. The molecule has 0 fully saturated rings. The molecular formula is C27H54O3Si3. The van der Waals surface area contributed by atoms with E-state index in [1.807, 2.05) is 0 Å². The standard InChI is InChI=1S/C27H54O3Si3/c1-25(2,3)31(10,11)28-19-22-16-17-23(20-29-32(12,13)26(4,5)6)24(18-22)21-30-33(14,15)27(7,8)9/h16-18H,19-21H2,1-15H3. The van der Waals surface area contributed by atoms with Crippen molar-refractivity contribution in [1.29, 1.82) is 0 Å². The van der Waals surface area contributed by atoms with Gasteiger partial charge in [-0.05, 0) is 71.1 Å². The third-order valence-corrected chi connectivity index (χ3v) is 21.9. The van der Waals surface area contributed by atoms with Gasteiger partial charge in [-0.25, -0.2) is 0 Å². The van der Waals surface area contributed by atoms with Gasteiger partial charge in [-0.15, -0.1) is 0 Å². The normalized spacial score (nSPS) is 14.6. The van der Waals surface area contributed by atoms with E-state index in [2.05, 4.69) is 120 Å². The van der Waals surface area contributed by atoms with Gasteiger partial charge in [-0.1, -0.05) is 80.5 Å². The van der Waals surface area contributed by atoms with Gasteiger partial charge >= 0.3 is 0 Å². The number of benzene rings is 1. The average Bonchev–Trinajstić information content (AvgIpc) is 2.61. The van der Waals surface area contributed by atoms with Crippen molar-refractivity contribution >= 4 is 25.0 Å². The maximum atomic E-state index is 6.64. The van der Waals surface area contributed by atoms with Crippen molar-refractivity contribution in [3.05, 3.63) is 34.9 Å². The van der Waals surface area contributed by atoms with Crippen LogP contribution in [0.25, 0.3) is 0 Å². The molecule has 1 aromatic carbocycles. The zero-order chi connectivity index (χ0) is 26.1. The fourth-order valence-electron chi connectivity index (χ4n) is 2.47. The molecule has 0 aromatic heterocycles. The summed E-state index contributed by atoms with van der Waals surface area (Å²) in [5.74, 6) is 0. The van der Waals surface area contributed by atoms with Crippen LogP contribution in [0.2, 0.25) is 54.4 Å². The second-order valence-corrected chi connectivity index (χ2v) is 28.7. The lowest BCUT2D eigenvalue weighted by Crippen LogP contribution is -2.41. The Morgan fingerprint density at radius 1 is 0.515 bits per heavy atom. The number of hydrogen-bond acceptors (Lipinski definition) is 3. The molecule has 0 radical (unpaired) electrons. The van der Waals surface area contributed by atoms with E-state index in [9.17, 15) is 0 Å². The molecule has 33 heavy (non-hydrogen) atoms. The Morgan fingerprint density at radius 3 is 1.21 bits per heavy atom. The largest absolute Gasteiger partial charge is 0.413 e. The molecule has 0 aliphatic carbocycles. The second-order valence-electron chi connectivity index (χ2n) is 14.3. The topological polar surface area (TPSA) is 27.7 Å². The van der Waals surface area contributed by atoms with Crippen LogP contribution >= 0.6 is 0 Å². The molecule has 6 heteroatoms. The molecule has 0 saturated heterocycles. The van der Waals surface area contributed by atoms with Crippen LogP contribution in [-0.4, -0.2) is 25.0 Å². The molecule has 0 spiro atoms. The SMILES string of the molecule is CC(C)(C)[Si](C)(C)OCc1ccc(CO[Si](C)(C)C(C)(C)C)c(CO[Si](C)(C)C(C)(C)C)c1. The Morgan fingerprint density at radius 2 is 0.848 bits per heavy atom. The third kappa shape index (κ3) is 8.43. The lowest BCUT2D eigenvalue weighted by atomic mass is 10.1. The van der Waals surface area contributed by atoms with Crippen LogP contribution in [0.4, 0.5) is 0 Å². The molecule has 0 N–H and O–H groups in total. The lowest BCUT2D eigenvalue weighted by molar-refractivity contribution is 0.255. The first kappa shape index (κ1) is 30.8. The molecule has 0 atom stereocenters. The fourth-order valence-corrected chi connectivity index (χ4v) is 5.33. The van der Waals surface area contributed by atoms with Crippen LogP contribution < -0.4 is 0 Å². The summed E-state index contributed by atoms with van der Waals surface area (Å²) < 4.78 is 19.7. The minimum absolute atomic E-state index is 0.188. The molecular weight excluding hydrogens is 457 g/mol. The van der Waals surface area contributed by atoms with Gasteiger partial charge in [-0.3, -0.25) is 0 Å². The molecule has 1 rings (SSSR count). The lowest BCUT2D eigenvalue weighted by Gasteiger charge is -2.37. The number of hydrogen-bond donors (Lipinski definition) is 0. The van der Waals surface area contributed by atoms with E-state index >= 15 is 0 Å². The summed E-state index contributed by atoms with van der Waals surface area (Å²) in [7, 11) is -5.47. The first-order valence-electron chi connectivity index (χ1n) is 12.5. The van der Waals surface area contributed by atoms with Gasteiger partial charge < -0.3 is 13.3 Å². The predicted octanol–water partition coefficient (Wildman–Crippen LogP) is 9.25. The molecule has 0 aliphatic heterocycles. The molecule has 3 nitrogen and oxygen atoms in total. The Hall–Kier alpha value is -0.249. The van der Waals surface area contributed by atoms with Crippen molar-refractivity contribution in [2.24, 2.45) is 0 Å². The van der Waals surface area contributed by atoms with Crippen molar-refractivity contribution in [1.82, 2.24) is 0 Å². The highest BCUT2D eigenvalue weighted by Gasteiger charge is 2.39. The van der Waals surface area contributed by atoms with Gasteiger partial charge in [0.25, 0.3) is 0 Å². The quantitative estimate of drug-likeness (QED) is 0.310. The summed E-state index contributed by atoms with van der Waals surface area (Å²) in [6.45, 7) is 36.5. The molecule has 192 valence electrons. The smallest absolute Gasteiger partial charge is 0.192 e. The zero-order valence-corrected chi connectivity index (χ0v) is 27.6. The minimum Gasteiger partial charge on any atom is -0.413 e. The predicted molar refractivity (Wildman–Crippen MR) is 152 cm³/mol. The zero-order valence-electron chi connectivity index (χ0n) is 24.6. The van der Waals surface area contributed by atoms with Gasteiger partial charge in [0.05, 0.1) is 19.8 Å². The van der Waals surface area contributed by atoms with Gasteiger partial charge in [-0.2, -0.15) is 0 Å². The van der Waals surface area contributed by atoms with E-state index in [4.69, 9.17) is 13.3 Å². The summed E-state index contributed by atoms with van der Waals surface area (Å²) in [5.41, 5.74) is 3.72. The van der Waals surface area contributed by atoms with Crippen LogP contribution in [0.1, 0.15) is 79.0 Å². The van der Waals surface area contributed by atoms with Gasteiger partial charge in [0.15, 0.2) is 25.0 Å². The molecule has 0 amide bonds. The van der Waals surface area contributed by atoms with Crippen molar-refractivity contribution in [2.45, 2.75) is 137 Å². The van der Waals surface area contributed by atoms with E-state index in [-0.39, 0.29) is 15.1 Å². The second kappa shape index (κ2) is 10.4. The molecule has 0 saturated carbocycles. The third-order valence-electron chi connectivity index (χ3n) is 8.47. The maximum absolute atomic E-state index is 6.64. The van der Waals surface area contributed by atoms with E-state index in [0.29, 0.717) is 19.8 Å². The first-order chi connectivity index (χ1) is 14.5. The molecule has 0 heterocycles. The summed E-state index contributed by atoms with van der Waals surface area (Å²) in [4.78, 5) is 0. The van der Waals surface area contributed by atoms with E-state index in [0.717, 1.165) is 0 Å². The van der Waals surface area contributed by atoms with Crippen LogP contribution in [-0.2, 0) is 33.1 Å². The van der Waals surface area contributed by atoms with Crippen LogP contribution in [0.3, 0.4) is 0 Å². The van der Waals surface area contributed by atoms with E-state index < -0.39 is 25.0 Å². The van der Waals surface area contributed by atoms with Crippen molar-refractivity contribution in [3.63, 3.8) is 0 Å². The van der Waals surface area contributed by atoms with E-state index in [1.165, 1.54) is 16.7 Å². The summed E-state index contributed by atoms with van der Waals surface area (Å²) >= 11 is 0. The highest BCUT2D eigenvalue weighted by Crippen LogP contribution is 2.39. The monoisotopic (exact) mass is 510 g/mol. The van der Waals surface area contributed by atoms with Crippen molar-refractivity contribution in [3.8, 4) is 0 Å². The summed E-state index contributed by atoms with van der Waals surface area (Å²) in [6, 6.07) is 6.75. The molecule has 1 aromatic rings. The molecule has 0 bridgehead atoms. The van der Waals surface area contributed by atoms with Crippen LogP contribution in [0, 0.1) is 0 Å². The molecule has 0 aliphatic rings. The highest BCUT2D eigenvalue weighted by atomic mass is 28.4. The Bertz CT molecular complexity index is 779. The fraction of sp³-hybridized carbons (Fsp3) is 0.778. The van der Waals surface area contributed by atoms with Gasteiger partial charge in [0, 0.05) is 0 Å². The van der Waals surface area contributed by atoms with Crippen molar-refractivity contribution < 1.29 is 13.3 Å². The van der Waals surface area contributed by atoms with Gasteiger partial charge in [0.2, 0.25) is 0 Å². The minimum atomic E-state index is -1.85. The Balaban J connectivity index is 3.17. The first-order valence-corrected chi connectivity index (χ1v) is 21.3. The summed E-state index contributed by atoms with van der Waals surface area (Å²) in [6.07, 6.45) is 0. The highest BCUT2D eigenvalue weighted by molar-refractivity contribution is 6.74.